The second-order valence-electron chi connectivity index (χ2n) is 2.76. The number of hydrogen-bond acceptors (Lipinski definition) is 3. The van der Waals surface area contributed by atoms with Crippen molar-refractivity contribution in [2.24, 2.45) is 0 Å². The van der Waals surface area contributed by atoms with E-state index in [0.29, 0.717) is 22.4 Å². The summed E-state index contributed by atoms with van der Waals surface area (Å²) in [7, 11) is 0. The highest BCUT2D eigenvalue weighted by molar-refractivity contribution is 9.10. The zero-order valence-electron chi connectivity index (χ0n) is 7.38. The van der Waals surface area contributed by atoms with Gasteiger partial charge in [-0.15, -0.1) is 21.8 Å². The topological polar surface area (TPSA) is 38.9 Å². The Morgan fingerprint density at radius 2 is 2.13 bits per heavy atom. The van der Waals surface area contributed by atoms with Crippen LogP contribution in [0.2, 0.25) is 5.02 Å². The molecule has 2 rings (SSSR count). The number of benzene rings is 1. The Hall–Kier alpha value is -0.580. The van der Waals surface area contributed by atoms with Crippen LogP contribution < -0.4 is 0 Å². The van der Waals surface area contributed by atoms with Crippen molar-refractivity contribution < 1.29 is 4.42 Å². The first-order valence-electron chi connectivity index (χ1n) is 4.04. The molecule has 0 spiro atoms. The van der Waals surface area contributed by atoms with E-state index in [1.165, 1.54) is 0 Å². The van der Waals surface area contributed by atoms with Gasteiger partial charge < -0.3 is 4.42 Å². The third-order valence-corrected chi connectivity index (χ3v) is 2.78. The SMILES string of the molecule is ClCc1nnc(-c2ccc(Br)cc2Cl)o1. The molecule has 0 saturated carbocycles. The van der Waals surface area contributed by atoms with Crippen LogP contribution in [0.15, 0.2) is 27.1 Å². The first-order chi connectivity index (χ1) is 7.20. The standard InChI is InChI=1S/C9H5BrCl2N2O/c10-5-1-2-6(7(12)3-5)9-14-13-8(4-11)15-9/h1-3H,4H2. The molecule has 0 N–H and O–H groups in total. The highest BCUT2D eigenvalue weighted by Crippen LogP contribution is 2.29. The largest absolute Gasteiger partial charge is 0.419 e. The molecule has 78 valence electrons. The summed E-state index contributed by atoms with van der Waals surface area (Å²) in [5, 5.41) is 8.15. The molecule has 0 radical (unpaired) electrons. The van der Waals surface area contributed by atoms with Crippen molar-refractivity contribution in [3.8, 4) is 11.5 Å². The lowest BCUT2D eigenvalue weighted by Gasteiger charge is -1.98. The maximum absolute atomic E-state index is 6.03. The van der Waals surface area contributed by atoms with Crippen LogP contribution in [0.1, 0.15) is 5.89 Å². The Morgan fingerprint density at radius 3 is 2.73 bits per heavy atom. The fraction of sp³-hybridized carbons (Fsp3) is 0.111. The second-order valence-corrected chi connectivity index (χ2v) is 4.35. The lowest BCUT2D eigenvalue weighted by molar-refractivity contribution is 0.527. The van der Waals surface area contributed by atoms with Crippen molar-refractivity contribution in [2.45, 2.75) is 5.88 Å². The minimum atomic E-state index is 0.196. The highest BCUT2D eigenvalue weighted by Gasteiger charge is 2.11. The van der Waals surface area contributed by atoms with Gasteiger partial charge in [-0.2, -0.15) is 0 Å². The highest BCUT2D eigenvalue weighted by atomic mass is 79.9. The molecule has 1 heterocycles. The Balaban J connectivity index is 2.44. The molecule has 3 nitrogen and oxygen atoms in total. The van der Waals surface area contributed by atoms with Gasteiger partial charge in [-0.25, -0.2) is 0 Å². The van der Waals surface area contributed by atoms with E-state index in [2.05, 4.69) is 26.1 Å². The molecule has 2 aromatic rings. The molecule has 6 heteroatoms. The number of hydrogen-bond donors (Lipinski definition) is 0. The first-order valence-corrected chi connectivity index (χ1v) is 5.75. The van der Waals surface area contributed by atoms with Crippen LogP contribution in [-0.4, -0.2) is 10.2 Å². The van der Waals surface area contributed by atoms with Crippen molar-refractivity contribution >= 4 is 39.1 Å². The van der Waals surface area contributed by atoms with Crippen LogP contribution in [0.4, 0.5) is 0 Å². The molecule has 1 aromatic heterocycles. The zero-order chi connectivity index (χ0) is 10.8. The average Bonchev–Trinajstić information content (AvgIpc) is 2.66. The van der Waals surface area contributed by atoms with Crippen LogP contribution >= 0.6 is 39.1 Å². The molecular weight excluding hydrogens is 303 g/mol. The lowest BCUT2D eigenvalue weighted by atomic mass is 10.2. The van der Waals surface area contributed by atoms with Gasteiger partial charge in [-0.3, -0.25) is 0 Å². The van der Waals surface area contributed by atoms with Crippen molar-refractivity contribution in [2.75, 3.05) is 0 Å². The number of alkyl halides is 1. The summed E-state index contributed by atoms with van der Waals surface area (Å²) in [5.74, 6) is 0.954. The first kappa shape index (κ1) is 10.9. The molecule has 0 saturated heterocycles. The number of rotatable bonds is 2. The Labute approximate surface area is 105 Å². The van der Waals surface area contributed by atoms with Gasteiger partial charge in [0.25, 0.3) is 0 Å². The Kier molecular flexibility index (Phi) is 3.29. The minimum absolute atomic E-state index is 0.196. The fourth-order valence-corrected chi connectivity index (χ4v) is 1.94. The van der Waals surface area contributed by atoms with Crippen LogP contribution in [0.3, 0.4) is 0 Å². The van der Waals surface area contributed by atoms with Crippen molar-refractivity contribution in [1.29, 1.82) is 0 Å². The van der Waals surface area contributed by atoms with Crippen molar-refractivity contribution in [1.82, 2.24) is 10.2 Å². The van der Waals surface area contributed by atoms with E-state index in [9.17, 15) is 0 Å². The normalized spacial score (nSPS) is 10.6. The molecule has 0 bridgehead atoms. The third-order valence-electron chi connectivity index (χ3n) is 1.74. The minimum Gasteiger partial charge on any atom is -0.419 e. The quantitative estimate of drug-likeness (QED) is 0.790. The maximum Gasteiger partial charge on any atom is 0.249 e. The number of halogens is 3. The molecule has 0 fully saturated rings. The van der Waals surface area contributed by atoms with Crippen LogP contribution in [-0.2, 0) is 5.88 Å². The molecule has 0 unspecified atom stereocenters. The van der Waals surface area contributed by atoms with E-state index in [-0.39, 0.29) is 5.88 Å². The Bertz CT molecular complexity index is 487. The lowest BCUT2D eigenvalue weighted by Crippen LogP contribution is -1.79. The summed E-state index contributed by atoms with van der Waals surface area (Å²) < 4.78 is 6.18. The molecule has 0 aliphatic heterocycles. The third kappa shape index (κ3) is 2.33. The summed E-state index contributed by atoms with van der Waals surface area (Å²) in [5.41, 5.74) is 0.698. The molecule has 0 aliphatic rings. The van der Waals surface area contributed by atoms with E-state index in [1.807, 2.05) is 6.07 Å². The fourth-order valence-electron chi connectivity index (χ4n) is 1.08. The molecule has 0 atom stereocenters. The van der Waals surface area contributed by atoms with Gasteiger partial charge >= 0.3 is 0 Å². The number of nitrogens with zero attached hydrogens (tertiary/aromatic N) is 2. The number of aromatic nitrogens is 2. The van der Waals surface area contributed by atoms with Gasteiger partial charge in [-0.1, -0.05) is 27.5 Å². The van der Waals surface area contributed by atoms with E-state index >= 15 is 0 Å². The van der Waals surface area contributed by atoms with E-state index in [0.717, 1.165) is 4.47 Å². The summed E-state index contributed by atoms with van der Waals surface area (Å²) in [4.78, 5) is 0. The van der Waals surface area contributed by atoms with Crippen molar-refractivity contribution in [3.63, 3.8) is 0 Å². The molecular formula is C9H5BrCl2N2O. The van der Waals surface area contributed by atoms with Crippen LogP contribution in [0, 0.1) is 0 Å². The van der Waals surface area contributed by atoms with E-state index < -0.39 is 0 Å². The summed E-state index contributed by atoms with van der Waals surface area (Å²) in [6, 6.07) is 5.42. The van der Waals surface area contributed by atoms with Gasteiger partial charge in [0.05, 0.1) is 10.6 Å². The van der Waals surface area contributed by atoms with Gasteiger partial charge in [0.2, 0.25) is 11.8 Å². The van der Waals surface area contributed by atoms with Crippen LogP contribution in [0.5, 0.6) is 0 Å². The zero-order valence-corrected chi connectivity index (χ0v) is 10.5. The smallest absolute Gasteiger partial charge is 0.249 e. The van der Waals surface area contributed by atoms with E-state index in [4.69, 9.17) is 27.6 Å². The second kappa shape index (κ2) is 4.51. The summed E-state index contributed by atoms with van der Waals surface area (Å²) >= 11 is 14.9. The maximum atomic E-state index is 6.03. The average molecular weight is 308 g/mol. The van der Waals surface area contributed by atoms with E-state index in [1.54, 1.807) is 12.1 Å². The Morgan fingerprint density at radius 1 is 1.33 bits per heavy atom. The van der Waals surface area contributed by atoms with Crippen molar-refractivity contribution in [3.05, 3.63) is 33.6 Å². The molecule has 15 heavy (non-hydrogen) atoms. The molecule has 0 aliphatic carbocycles. The summed E-state index contributed by atoms with van der Waals surface area (Å²) in [6.07, 6.45) is 0. The van der Waals surface area contributed by atoms with Gasteiger partial charge in [-0.05, 0) is 18.2 Å². The summed E-state index contributed by atoms with van der Waals surface area (Å²) in [6.45, 7) is 0. The van der Waals surface area contributed by atoms with Crippen LogP contribution in [0.25, 0.3) is 11.5 Å². The van der Waals surface area contributed by atoms with Gasteiger partial charge in [0.1, 0.15) is 5.88 Å². The molecule has 0 amide bonds. The predicted octanol–water partition coefficient (Wildman–Crippen LogP) is 3.89. The monoisotopic (exact) mass is 306 g/mol. The van der Waals surface area contributed by atoms with Gasteiger partial charge in [0, 0.05) is 4.47 Å². The predicted molar refractivity (Wildman–Crippen MR) is 62.0 cm³/mol. The molecule has 1 aromatic carbocycles. The van der Waals surface area contributed by atoms with Gasteiger partial charge in [0.15, 0.2) is 0 Å².